The molecular weight excluding hydrogens is 336 g/mol. The third-order valence-electron chi connectivity index (χ3n) is 5.56. The van der Waals surface area contributed by atoms with Gasteiger partial charge in [-0.2, -0.15) is 0 Å². The monoisotopic (exact) mass is 362 g/mol. The summed E-state index contributed by atoms with van der Waals surface area (Å²) >= 11 is 0. The molecule has 2 atom stereocenters. The summed E-state index contributed by atoms with van der Waals surface area (Å²) in [5.41, 5.74) is 0.259. The first-order valence-electron chi connectivity index (χ1n) is 8.89. The highest BCUT2D eigenvalue weighted by Gasteiger charge is 2.56. The minimum atomic E-state index is -0.617. The van der Waals surface area contributed by atoms with E-state index in [9.17, 15) is 9.59 Å². The number of esters is 1. The van der Waals surface area contributed by atoms with Gasteiger partial charge in [0.25, 0.3) is 0 Å². The number of methoxy groups -OCH3 is 3. The van der Waals surface area contributed by atoms with E-state index in [1.807, 2.05) is 17.0 Å². The van der Waals surface area contributed by atoms with E-state index in [0.717, 1.165) is 24.9 Å². The average Bonchev–Trinajstić information content (AvgIpc) is 3.25. The molecule has 7 heteroatoms. The summed E-state index contributed by atoms with van der Waals surface area (Å²) in [7, 11) is 4.60. The number of benzene rings is 1. The molecule has 0 bridgehead atoms. The number of carbonyl (C=O) groups is 2. The predicted molar refractivity (Wildman–Crippen MR) is 95.1 cm³/mol. The van der Waals surface area contributed by atoms with Crippen LogP contribution in [0.15, 0.2) is 18.2 Å². The minimum Gasteiger partial charge on any atom is -0.497 e. The highest BCUT2D eigenvalue weighted by Crippen LogP contribution is 2.43. The summed E-state index contributed by atoms with van der Waals surface area (Å²) in [5.74, 6) is 1.09. The van der Waals surface area contributed by atoms with E-state index in [4.69, 9.17) is 14.2 Å². The van der Waals surface area contributed by atoms with Crippen LogP contribution in [-0.2, 0) is 20.9 Å². The van der Waals surface area contributed by atoms with Gasteiger partial charge in [-0.1, -0.05) is 0 Å². The van der Waals surface area contributed by atoms with Crippen molar-refractivity contribution in [2.45, 2.75) is 43.8 Å². The molecule has 0 aromatic heterocycles. The Morgan fingerprint density at radius 2 is 2.04 bits per heavy atom. The molecule has 1 N–H and O–H groups in total. The lowest BCUT2D eigenvalue weighted by molar-refractivity contribution is -0.153. The molecule has 2 fully saturated rings. The SMILES string of the molecule is COC(=O)C12CCCN1C(C(=O)NCc1ccc(OC)cc1OC)CC2. The van der Waals surface area contributed by atoms with Crippen LogP contribution in [0.1, 0.15) is 31.2 Å². The largest absolute Gasteiger partial charge is 0.497 e. The molecule has 0 spiro atoms. The van der Waals surface area contributed by atoms with Crippen molar-refractivity contribution < 1.29 is 23.8 Å². The Morgan fingerprint density at radius 3 is 2.73 bits per heavy atom. The van der Waals surface area contributed by atoms with Gasteiger partial charge in [0.1, 0.15) is 17.0 Å². The van der Waals surface area contributed by atoms with Crippen molar-refractivity contribution >= 4 is 11.9 Å². The Labute approximate surface area is 153 Å². The van der Waals surface area contributed by atoms with Crippen molar-refractivity contribution in [3.8, 4) is 11.5 Å². The fourth-order valence-corrected chi connectivity index (χ4v) is 4.24. The van der Waals surface area contributed by atoms with E-state index in [0.29, 0.717) is 30.9 Å². The molecule has 2 aliphatic heterocycles. The van der Waals surface area contributed by atoms with Gasteiger partial charge in [0.05, 0.1) is 27.4 Å². The number of hydrogen-bond donors (Lipinski definition) is 1. The molecule has 0 radical (unpaired) electrons. The van der Waals surface area contributed by atoms with Crippen molar-refractivity contribution in [3.05, 3.63) is 23.8 Å². The van der Waals surface area contributed by atoms with E-state index in [2.05, 4.69) is 5.32 Å². The van der Waals surface area contributed by atoms with Crippen LogP contribution in [-0.4, -0.2) is 56.2 Å². The maximum absolute atomic E-state index is 12.8. The number of ether oxygens (including phenoxy) is 3. The van der Waals surface area contributed by atoms with E-state index in [1.54, 1.807) is 20.3 Å². The van der Waals surface area contributed by atoms with Crippen molar-refractivity contribution in [1.82, 2.24) is 10.2 Å². The molecule has 26 heavy (non-hydrogen) atoms. The van der Waals surface area contributed by atoms with Gasteiger partial charge in [-0.05, 0) is 37.8 Å². The number of hydrogen-bond acceptors (Lipinski definition) is 6. The summed E-state index contributed by atoms with van der Waals surface area (Å²) in [6.45, 7) is 1.11. The first-order valence-corrected chi connectivity index (χ1v) is 8.89. The summed E-state index contributed by atoms with van der Waals surface area (Å²) in [5, 5.41) is 2.99. The molecular formula is C19H26N2O5. The third kappa shape index (κ3) is 3.11. The summed E-state index contributed by atoms with van der Waals surface area (Å²) in [4.78, 5) is 27.1. The standard InChI is InChI=1S/C19H26N2O5/c1-24-14-6-5-13(16(11-14)25-2)12-20-17(22)15-7-9-19(18(23)26-3)8-4-10-21(15)19/h5-6,11,15H,4,7-10,12H2,1-3H3,(H,20,22). The van der Waals surface area contributed by atoms with Gasteiger partial charge in [0.2, 0.25) is 5.91 Å². The number of nitrogens with one attached hydrogen (secondary N) is 1. The zero-order valence-electron chi connectivity index (χ0n) is 15.5. The number of amides is 1. The lowest BCUT2D eigenvalue weighted by atomic mass is 9.94. The van der Waals surface area contributed by atoms with Crippen LogP contribution in [0.3, 0.4) is 0 Å². The molecule has 2 aliphatic rings. The maximum atomic E-state index is 12.8. The molecule has 3 rings (SSSR count). The number of fused-ring (bicyclic) bond motifs is 1. The number of nitrogens with zero attached hydrogens (tertiary/aromatic N) is 1. The average molecular weight is 362 g/mol. The predicted octanol–water partition coefficient (Wildman–Crippen LogP) is 1.49. The second-order valence-electron chi connectivity index (χ2n) is 6.77. The normalized spacial score (nSPS) is 24.8. The highest BCUT2D eigenvalue weighted by atomic mass is 16.5. The van der Waals surface area contributed by atoms with Crippen LogP contribution in [0.25, 0.3) is 0 Å². The fraction of sp³-hybridized carbons (Fsp3) is 0.579. The third-order valence-corrected chi connectivity index (χ3v) is 5.56. The van der Waals surface area contributed by atoms with Gasteiger partial charge in [-0.15, -0.1) is 0 Å². The van der Waals surface area contributed by atoms with Gasteiger partial charge in [-0.25, -0.2) is 0 Å². The van der Waals surface area contributed by atoms with Crippen LogP contribution >= 0.6 is 0 Å². The molecule has 142 valence electrons. The highest BCUT2D eigenvalue weighted by molar-refractivity contribution is 5.87. The Kier molecular flexibility index (Phi) is 5.36. The van der Waals surface area contributed by atoms with Gasteiger partial charge in [0, 0.05) is 24.7 Å². The molecule has 7 nitrogen and oxygen atoms in total. The number of carbonyl (C=O) groups excluding carboxylic acids is 2. The molecule has 1 aromatic rings. The lowest BCUT2D eigenvalue weighted by Gasteiger charge is -2.31. The maximum Gasteiger partial charge on any atom is 0.326 e. The molecule has 2 saturated heterocycles. The van der Waals surface area contributed by atoms with Crippen LogP contribution in [0, 0.1) is 0 Å². The quantitative estimate of drug-likeness (QED) is 0.773. The van der Waals surface area contributed by atoms with Crippen LogP contribution in [0.4, 0.5) is 0 Å². The first-order chi connectivity index (χ1) is 12.6. The second-order valence-corrected chi connectivity index (χ2v) is 6.77. The van der Waals surface area contributed by atoms with E-state index < -0.39 is 5.54 Å². The van der Waals surface area contributed by atoms with Crippen LogP contribution in [0.5, 0.6) is 11.5 Å². The minimum absolute atomic E-state index is 0.0597. The van der Waals surface area contributed by atoms with Gasteiger partial charge in [-0.3, -0.25) is 14.5 Å². The molecule has 0 aliphatic carbocycles. The van der Waals surface area contributed by atoms with E-state index >= 15 is 0 Å². The summed E-state index contributed by atoms with van der Waals surface area (Å²) in [6.07, 6.45) is 3.01. The van der Waals surface area contributed by atoms with Gasteiger partial charge >= 0.3 is 5.97 Å². The molecule has 0 saturated carbocycles. The van der Waals surface area contributed by atoms with E-state index in [1.165, 1.54) is 7.11 Å². The fourth-order valence-electron chi connectivity index (χ4n) is 4.24. The van der Waals surface area contributed by atoms with Crippen LogP contribution < -0.4 is 14.8 Å². The van der Waals surface area contributed by atoms with Gasteiger partial charge < -0.3 is 19.5 Å². The molecule has 1 aromatic carbocycles. The molecule has 1 amide bonds. The Morgan fingerprint density at radius 1 is 1.23 bits per heavy atom. The Balaban J connectivity index is 1.67. The lowest BCUT2D eigenvalue weighted by Crippen LogP contribution is -2.52. The van der Waals surface area contributed by atoms with Crippen molar-refractivity contribution in [3.63, 3.8) is 0 Å². The second kappa shape index (κ2) is 7.53. The zero-order chi connectivity index (χ0) is 18.7. The van der Waals surface area contributed by atoms with Crippen molar-refractivity contribution in [2.75, 3.05) is 27.9 Å². The zero-order valence-corrected chi connectivity index (χ0v) is 15.5. The smallest absolute Gasteiger partial charge is 0.326 e. The Bertz CT molecular complexity index is 693. The van der Waals surface area contributed by atoms with Gasteiger partial charge in [0.15, 0.2) is 0 Å². The van der Waals surface area contributed by atoms with Crippen molar-refractivity contribution in [2.24, 2.45) is 0 Å². The van der Waals surface area contributed by atoms with Crippen LogP contribution in [0.2, 0.25) is 0 Å². The first kappa shape index (κ1) is 18.5. The summed E-state index contributed by atoms with van der Waals surface area (Å²) < 4.78 is 15.6. The Hall–Kier alpha value is -2.28. The molecule has 2 unspecified atom stereocenters. The molecule has 2 heterocycles. The summed E-state index contributed by atoms with van der Waals surface area (Å²) in [6, 6.07) is 5.21. The van der Waals surface area contributed by atoms with E-state index in [-0.39, 0.29) is 17.9 Å². The topological polar surface area (TPSA) is 77.1 Å². The van der Waals surface area contributed by atoms with Crippen molar-refractivity contribution in [1.29, 1.82) is 0 Å². The number of rotatable bonds is 6.